The molecule has 2 aliphatic rings. The summed E-state index contributed by atoms with van der Waals surface area (Å²) in [5.74, 6) is -4.96. The molecule has 160 valence electrons. The van der Waals surface area contributed by atoms with Gasteiger partial charge in [0.2, 0.25) is 0 Å². The summed E-state index contributed by atoms with van der Waals surface area (Å²) < 4.78 is 75.4. The molecule has 32 heavy (non-hydrogen) atoms. The van der Waals surface area contributed by atoms with Crippen molar-refractivity contribution in [2.75, 3.05) is 0 Å². The molecule has 3 aromatic rings. The molecule has 10 heteroatoms. The molecule has 2 aliphatic heterocycles. The Morgan fingerprint density at radius 2 is 1.56 bits per heavy atom. The standard InChI is InChI=1S/C22H11F5N4O/c23-11-6-15(25)20(16(26)7-11)18-8-12(32-30-18)9-31-5-4-17-19(10-31)29-22(28-17)13-2-1-3-14(24)21(13)27/h1-8,10H,9H2. The van der Waals surface area contributed by atoms with Crippen LogP contribution in [0.1, 0.15) is 5.76 Å². The van der Waals surface area contributed by atoms with E-state index in [1.165, 1.54) is 18.2 Å². The molecule has 0 aliphatic carbocycles. The fourth-order valence-electron chi connectivity index (χ4n) is 3.32. The van der Waals surface area contributed by atoms with Gasteiger partial charge in [0, 0.05) is 30.6 Å². The van der Waals surface area contributed by atoms with Crippen molar-refractivity contribution in [3.8, 4) is 34.0 Å². The van der Waals surface area contributed by atoms with Gasteiger partial charge >= 0.3 is 0 Å². The zero-order valence-electron chi connectivity index (χ0n) is 16.0. The molecule has 0 saturated heterocycles. The molecule has 0 saturated carbocycles. The minimum absolute atomic E-state index is 0.0407. The molecular formula is C22H11F5N4O. The SMILES string of the molecule is Fc1cc(F)c(-c2cc(Cn3ccc4nc(-c5cccc(F)c5F)nc-4c3)on2)c(F)c1. The Kier molecular flexibility index (Phi) is 4.69. The molecule has 0 spiro atoms. The molecule has 3 heterocycles. The summed E-state index contributed by atoms with van der Waals surface area (Å²) in [5.41, 5.74) is 0.213. The van der Waals surface area contributed by atoms with Gasteiger partial charge in [-0.25, -0.2) is 31.9 Å². The average Bonchev–Trinajstić information content (AvgIpc) is 3.36. The smallest absolute Gasteiger partial charge is 0.169 e. The zero-order valence-corrected chi connectivity index (χ0v) is 16.0. The van der Waals surface area contributed by atoms with E-state index in [0.29, 0.717) is 23.5 Å². The van der Waals surface area contributed by atoms with Gasteiger partial charge in [-0.15, -0.1) is 0 Å². The highest BCUT2D eigenvalue weighted by Gasteiger charge is 2.19. The predicted octanol–water partition coefficient (Wildman–Crippen LogP) is 5.45. The van der Waals surface area contributed by atoms with Crippen molar-refractivity contribution < 1.29 is 26.5 Å². The number of nitrogens with zero attached hydrogens (tertiary/aromatic N) is 4. The normalized spacial score (nSPS) is 11.4. The fourth-order valence-corrected chi connectivity index (χ4v) is 3.32. The van der Waals surface area contributed by atoms with Crippen molar-refractivity contribution in [2.24, 2.45) is 0 Å². The third-order valence-electron chi connectivity index (χ3n) is 4.78. The number of benzene rings is 2. The van der Waals surface area contributed by atoms with Crippen LogP contribution in [0.25, 0.3) is 34.0 Å². The van der Waals surface area contributed by atoms with Gasteiger partial charge in [0.05, 0.1) is 23.4 Å². The lowest BCUT2D eigenvalue weighted by atomic mass is 10.1. The van der Waals surface area contributed by atoms with E-state index in [4.69, 9.17) is 4.52 Å². The number of halogens is 5. The molecule has 0 radical (unpaired) electrons. The number of aromatic nitrogens is 4. The van der Waals surface area contributed by atoms with Crippen LogP contribution in [0.3, 0.4) is 0 Å². The third-order valence-corrected chi connectivity index (χ3v) is 4.78. The van der Waals surface area contributed by atoms with Gasteiger partial charge < -0.3 is 9.09 Å². The molecule has 0 amide bonds. The van der Waals surface area contributed by atoms with Crippen molar-refractivity contribution in [3.63, 3.8) is 0 Å². The lowest BCUT2D eigenvalue weighted by Crippen LogP contribution is -1.99. The van der Waals surface area contributed by atoms with E-state index in [-0.39, 0.29) is 29.4 Å². The molecule has 0 N–H and O–H groups in total. The van der Waals surface area contributed by atoms with Crippen molar-refractivity contribution >= 4 is 0 Å². The topological polar surface area (TPSA) is 56.7 Å². The van der Waals surface area contributed by atoms with Crippen LogP contribution in [0, 0.1) is 29.1 Å². The fraction of sp³-hybridized carbons (Fsp3) is 0.0455. The molecular weight excluding hydrogens is 431 g/mol. The van der Waals surface area contributed by atoms with E-state index < -0.39 is 34.6 Å². The van der Waals surface area contributed by atoms with Crippen LogP contribution in [0.2, 0.25) is 0 Å². The van der Waals surface area contributed by atoms with Crippen LogP contribution in [0.15, 0.2) is 59.4 Å². The lowest BCUT2D eigenvalue weighted by Gasteiger charge is -2.04. The Morgan fingerprint density at radius 3 is 2.34 bits per heavy atom. The lowest BCUT2D eigenvalue weighted by molar-refractivity contribution is 0.377. The highest BCUT2D eigenvalue weighted by Crippen LogP contribution is 2.29. The second-order valence-corrected chi connectivity index (χ2v) is 6.96. The molecule has 0 bridgehead atoms. The van der Waals surface area contributed by atoms with Crippen LogP contribution in [0.5, 0.6) is 0 Å². The summed E-state index contributed by atoms with van der Waals surface area (Å²) in [5, 5.41) is 3.66. The zero-order chi connectivity index (χ0) is 22.4. The predicted molar refractivity (Wildman–Crippen MR) is 103 cm³/mol. The average molecular weight is 442 g/mol. The highest BCUT2D eigenvalue weighted by atomic mass is 19.2. The Balaban J connectivity index is 1.44. The van der Waals surface area contributed by atoms with Crippen LogP contribution < -0.4 is 0 Å². The molecule has 0 fully saturated rings. The first-order chi connectivity index (χ1) is 15.4. The minimum atomic E-state index is -1.10. The van der Waals surface area contributed by atoms with Crippen molar-refractivity contribution in [3.05, 3.63) is 89.7 Å². The molecule has 5 nitrogen and oxygen atoms in total. The van der Waals surface area contributed by atoms with Crippen LogP contribution in [0.4, 0.5) is 22.0 Å². The number of hydrogen-bond donors (Lipinski definition) is 0. The van der Waals surface area contributed by atoms with Gasteiger partial charge in [-0.3, -0.25) is 0 Å². The Hall–Kier alpha value is -4.08. The van der Waals surface area contributed by atoms with Gasteiger partial charge in [0.15, 0.2) is 23.2 Å². The van der Waals surface area contributed by atoms with Crippen molar-refractivity contribution in [1.29, 1.82) is 0 Å². The highest BCUT2D eigenvalue weighted by molar-refractivity contribution is 5.66. The first-order valence-corrected chi connectivity index (χ1v) is 9.27. The van der Waals surface area contributed by atoms with Gasteiger partial charge in [-0.1, -0.05) is 11.2 Å². The van der Waals surface area contributed by atoms with Crippen molar-refractivity contribution in [2.45, 2.75) is 6.54 Å². The maximum atomic E-state index is 14.1. The van der Waals surface area contributed by atoms with E-state index in [1.807, 2.05) is 0 Å². The van der Waals surface area contributed by atoms with E-state index >= 15 is 0 Å². The second-order valence-electron chi connectivity index (χ2n) is 6.96. The summed E-state index contributed by atoms with van der Waals surface area (Å²) in [6.07, 6.45) is 3.24. The number of hydrogen-bond acceptors (Lipinski definition) is 4. The van der Waals surface area contributed by atoms with Crippen LogP contribution in [-0.4, -0.2) is 19.7 Å². The van der Waals surface area contributed by atoms with Gasteiger partial charge in [0.25, 0.3) is 0 Å². The molecule has 0 atom stereocenters. The first kappa shape index (κ1) is 19.9. The number of imidazole rings is 1. The Morgan fingerprint density at radius 1 is 0.812 bits per heavy atom. The van der Waals surface area contributed by atoms with Gasteiger partial charge in [-0.05, 0) is 18.2 Å². The van der Waals surface area contributed by atoms with Crippen LogP contribution >= 0.6 is 0 Å². The monoisotopic (exact) mass is 442 g/mol. The number of fused-ring (bicyclic) bond motifs is 1. The van der Waals surface area contributed by atoms with Gasteiger partial charge in [-0.2, -0.15) is 0 Å². The summed E-state index contributed by atoms with van der Waals surface area (Å²) >= 11 is 0. The maximum Gasteiger partial charge on any atom is 0.169 e. The molecule has 2 aromatic carbocycles. The van der Waals surface area contributed by atoms with E-state index in [9.17, 15) is 22.0 Å². The maximum absolute atomic E-state index is 14.1. The summed E-state index contributed by atoms with van der Waals surface area (Å²) in [4.78, 5) is 8.47. The van der Waals surface area contributed by atoms with E-state index in [0.717, 1.165) is 6.07 Å². The largest absolute Gasteiger partial charge is 0.359 e. The quantitative estimate of drug-likeness (QED) is 0.348. The number of pyridine rings is 1. The molecule has 0 unspecified atom stereocenters. The van der Waals surface area contributed by atoms with Gasteiger partial charge in [0.1, 0.15) is 28.8 Å². The van der Waals surface area contributed by atoms with E-state index in [2.05, 4.69) is 15.1 Å². The first-order valence-electron chi connectivity index (χ1n) is 9.27. The van der Waals surface area contributed by atoms with Crippen molar-refractivity contribution in [1.82, 2.24) is 19.7 Å². The number of rotatable bonds is 4. The second kappa shape index (κ2) is 7.56. The molecule has 1 aromatic heterocycles. The Bertz CT molecular complexity index is 1400. The minimum Gasteiger partial charge on any atom is -0.359 e. The van der Waals surface area contributed by atoms with Crippen LogP contribution in [-0.2, 0) is 6.54 Å². The molecule has 5 rings (SSSR count). The Labute approximate surface area is 177 Å². The van der Waals surface area contributed by atoms with E-state index in [1.54, 1.807) is 23.0 Å². The third kappa shape index (κ3) is 3.49. The summed E-state index contributed by atoms with van der Waals surface area (Å²) in [6, 6.07) is 7.82. The summed E-state index contributed by atoms with van der Waals surface area (Å²) in [6.45, 7) is 0.129. The summed E-state index contributed by atoms with van der Waals surface area (Å²) in [7, 11) is 0.